The van der Waals surface area contributed by atoms with Crippen molar-refractivity contribution in [2.45, 2.75) is 25.8 Å². The molecule has 3 N–H and O–H groups in total. The average Bonchev–Trinajstić information content (AvgIpc) is 2.34. The monoisotopic (exact) mass is 270 g/mol. The van der Waals surface area contributed by atoms with Crippen LogP contribution in [0.2, 0.25) is 0 Å². The predicted octanol–water partition coefficient (Wildman–Crippen LogP) is 0.933. The number of amides is 1. The van der Waals surface area contributed by atoms with Crippen LogP contribution in [0.5, 0.6) is 0 Å². The number of benzene rings is 1. The summed E-state index contributed by atoms with van der Waals surface area (Å²) in [6.07, 6.45) is 1.32. The molecule has 0 aliphatic heterocycles. The third-order valence-corrected chi connectivity index (χ3v) is 3.90. The number of carbonyl (C=O) groups is 1. The van der Waals surface area contributed by atoms with E-state index in [9.17, 15) is 13.2 Å². The van der Waals surface area contributed by atoms with Crippen molar-refractivity contribution in [2.75, 3.05) is 5.75 Å². The van der Waals surface area contributed by atoms with Crippen molar-refractivity contribution in [1.29, 1.82) is 0 Å². The Kier molecular flexibility index (Phi) is 5.30. The van der Waals surface area contributed by atoms with E-state index in [2.05, 4.69) is 4.72 Å². The third kappa shape index (κ3) is 4.46. The molecule has 1 amide bonds. The highest BCUT2D eigenvalue weighted by molar-refractivity contribution is 7.89. The lowest BCUT2D eigenvalue weighted by Gasteiger charge is -2.15. The normalized spacial score (nSPS) is 13.2. The molecule has 1 unspecified atom stereocenters. The Hall–Kier alpha value is -1.40. The van der Waals surface area contributed by atoms with Crippen LogP contribution in [-0.2, 0) is 14.8 Å². The summed E-state index contributed by atoms with van der Waals surface area (Å²) in [5, 5.41) is 0. The van der Waals surface area contributed by atoms with Crippen LogP contribution in [0.15, 0.2) is 30.3 Å². The topological polar surface area (TPSA) is 89.3 Å². The molecule has 1 aromatic rings. The minimum atomic E-state index is -3.49. The SMILES string of the molecule is CCCCS(=O)(=O)NC(C(N)=O)c1ccccc1. The Bertz CT molecular complexity index is 485. The maximum absolute atomic E-state index is 11.8. The van der Waals surface area contributed by atoms with Gasteiger partial charge in [-0.2, -0.15) is 4.72 Å². The van der Waals surface area contributed by atoms with Crippen LogP contribution in [0.25, 0.3) is 0 Å². The maximum atomic E-state index is 11.8. The minimum absolute atomic E-state index is 0.000113. The van der Waals surface area contributed by atoms with Crippen LogP contribution in [0, 0.1) is 0 Å². The number of primary amides is 1. The Morgan fingerprint density at radius 2 is 1.94 bits per heavy atom. The van der Waals surface area contributed by atoms with Gasteiger partial charge in [0.15, 0.2) is 0 Å². The molecule has 0 aliphatic carbocycles. The van der Waals surface area contributed by atoms with E-state index < -0.39 is 22.0 Å². The van der Waals surface area contributed by atoms with Gasteiger partial charge < -0.3 is 5.73 Å². The lowest BCUT2D eigenvalue weighted by molar-refractivity contribution is -0.119. The molecule has 1 aromatic carbocycles. The Morgan fingerprint density at radius 1 is 1.33 bits per heavy atom. The molecule has 0 heterocycles. The first-order valence-corrected chi connectivity index (χ1v) is 7.46. The van der Waals surface area contributed by atoms with Crippen molar-refractivity contribution < 1.29 is 13.2 Å². The zero-order valence-corrected chi connectivity index (χ0v) is 11.1. The average molecular weight is 270 g/mol. The predicted molar refractivity (Wildman–Crippen MR) is 70.2 cm³/mol. The molecule has 100 valence electrons. The summed E-state index contributed by atoms with van der Waals surface area (Å²) in [6, 6.07) is 7.56. The number of nitrogens with one attached hydrogen (secondary N) is 1. The van der Waals surface area contributed by atoms with Gasteiger partial charge in [0.2, 0.25) is 15.9 Å². The molecule has 0 aliphatic rings. The van der Waals surface area contributed by atoms with Crippen molar-refractivity contribution >= 4 is 15.9 Å². The fourth-order valence-electron chi connectivity index (χ4n) is 1.51. The molecule has 1 atom stereocenters. The highest BCUT2D eigenvalue weighted by atomic mass is 32.2. The van der Waals surface area contributed by atoms with Gasteiger partial charge in [0.1, 0.15) is 6.04 Å². The van der Waals surface area contributed by atoms with Crippen molar-refractivity contribution in [2.24, 2.45) is 5.73 Å². The second kappa shape index (κ2) is 6.51. The lowest BCUT2D eigenvalue weighted by atomic mass is 10.1. The summed E-state index contributed by atoms with van der Waals surface area (Å²) in [5.41, 5.74) is 5.79. The highest BCUT2D eigenvalue weighted by Crippen LogP contribution is 2.13. The van der Waals surface area contributed by atoms with Crippen molar-refractivity contribution in [3.8, 4) is 0 Å². The van der Waals surface area contributed by atoms with Gasteiger partial charge in [-0.25, -0.2) is 8.42 Å². The first-order valence-electron chi connectivity index (χ1n) is 5.80. The Morgan fingerprint density at radius 3 is 2.44 bits per heavy atom. The van der Waals surface area contributed by atoms with Crippen molar-refractivity contribution in [1.82, 2.24) is 4.72 Å². The van der Waals surface area contributed by atoms with Gasteiger partial charge in [0, 0.05) is 0 Å². The number of unbranched alkanes of at least 4 members (excludes halogenated alkanes) is 1. The summed E-state index contributed by atoms with van der Waals surface area (Å²) in [7, 11) is -3.49. The number of carbonyl (C=O) groups excluding carboxylic acids is 1. The first kappa shape index (κ1) is 14.7. The number of nitrogens with two attached hydrogens (primary N) is 1. The van der Waals surface area contributed by atoms with Crippen LogP contribution < -0.4 is 10.5 Å². The quantitative estimate of drug-likeness (QED) is 0.772. The van der Waals surface area contributed by atoms with Crippen LogP contribution in [0.3, 0.4) is 0 Å². The number of sulfonamides is 1. The Labute approximate surface area is 107 Å². The molecule has 0 aromatic heterocycles. The van der Waals surface area contributed by atoms with Crippen LogP contribution in [0.1, 0.15) is 31.4 Å². The van der Waals surface area contributed by atoms with E-state index >= 15 is 0 Å². The highest BCUT2D eigenvalue weighted by Gasteiger charge is 2.23. The van der Waals surface area contributed by atoms with E-state index in [-0.39, 0.29) is 5.75 Å². The third-order valence-electron chi connectivity index (χ3n) is 2.48. The van der Waals surface area contributed by atoms with Gasteiger partial charge in [-0.15, -0.1) is 0 Å². The van der Waals surface area contributed by atoms with Crippen LogP contribution in [-0.4, -0.2) is 20.1 Å². The molecule has 0 saturated carbocycles. The molecular formula is C12H18N2O3S. The fraction of sp³-hybridized carbons (Fsp3) is 0.417. The second-order valence-electron chi connectivity index (χ2n) is 4.04. The minimum Gasteiger partial charge on any atom is -0.368 e. The molecule has 18 heavy (non-hydrogen) atoms. The molecular weight excluding hydrogens is 252 g/mol. The summed E-state index contributed by atoms with van der Waals surface area (Å²) >= 11 is 0. The van der Waals surface area contributed by atoms with E-state index in [0.29, 0.717) is 12.0 Å². The molecule has 0 fully saturated rings. The standard InChI is InChI=1S/C12H18N2O3S/c1-2-3-9-18(16,17)14-11(12(13)15)10-7-5-4-6-8-10/h4-8,11,14H,2-3,9H2,1H3,(H2,13,15). The zero-order chi connectivity index (χ0) is 13.6. The summed E-state index contributed by atoms with van der Waals surface area (Å²) < 4.78 is 25.9. The van der Waals surface area contributed by atoms with Gasteiger partial charge >= 0.3 is 0 Å². The molecule has 5 nitrogen and oxygen atoms in total. The lowest BCUT2D eigenvalue weighted by Crippen LogP contribution is -2.38. The van der Waals surface area contributed by atoms with E-state index in [1.165, 1.54) is 0 Å². The molecule has 0 spiro atoms. The van der Waals surface area contributed by atoms with E-state index in [0.717, 1.165) is 6.42 Å². The number of rotatable bonds is 7. The second-order valence-corrected chi connectivity index (χ2v) is 5.91. The summed E-state index contributed by atoms with van der Waals surface area (Å²) in [6.45, 7) is 1.90. The zero-order valence-electron chi connectivity index (χ0n) is 10.3. The largest absolute Gasteiger partial charge is 0.368 e. The summed E-state index contributed by atoms with van der Waals surface area (Å²) in [4.78, 5) is 11.3. The van der Waals surface area contributed by atoms with Gasteiger partial charge in [0.25, 0.3) is 0 Å². The molecule has 0 radical (unpaired) electrons. The van der Waals surface area contributed by atoms with Gasteiger partial charge in [0.05, 0.1) is 5.75 Å². The Balaban J connectivity index is 2.86. The van der Waals surface area contributed by atoms with E-state index in [1.807, 2.05) is 6.92 Å². The van der Waals surface area contributed by atoms with E-state index in [1.54, 1.807) is 30.3 Å². The first-order chi connectivity index (χ1) is 8.46. The molecule has 1 rings (SSSR count). The number of hydrogen-bond donors (Lipinski definition) is 2. The van der Waals surface area contributed by atoms with Gasteiger partial charge in [-0.1, -0.05) is 43.7 Å². The molecule has 0 saturated heterocycles. The van der Waals surface area contributed by atoms with Gasteiger partial charge in [-0.05, 0) is 12.0 Å². The van der Waals surface area contributed by atoms with Gasteiger partial charge in [-0.3, -0.25) is 4.79 Å². The maximum Gasteiger partial charge on any atom is 0.240 e. The smallest absolute Gasteiger partial charge is 0.240 e. The van der Waals surface area contributed by atoms with Crippen molar-refractivity contribution in [3.63, 3.8) is 0 Å². The van der Waals surface area contributed by atoms with Crippen LogP contribution >= 0.6 is 0 Å². The summed E-state index contributed by atoms with van der Waals surface area (Å²) in [5.74, 6) is -0.707. The van der Waals surface area contributed by atoms with E-state index in [4.69, 9.17) is 5.73 Å². The number of hydrogen-bond acceptors (Lipinski definition) is 3. The van der Waals surface area contributed by atoms with Crippen molar-refractivity contribution in [3.05, 3.63) is 35.9 Å². The molecule has 6 heteroatoms. The van der Waals surface area contributed by atoms with Crippen LogP contribution in [0.4, 0.5) is 0 Å². The fourth-order valence-corrected chi connectivity index (χ4v) is 2.91. The molecule has 0 bridgehead atoms.